The number of nitrogens with zero attached hydrogens (tertiary/aromatic N) is 9. The maximum absolute atomic E-state index is 13.5. The van der Waals surface area contributed by atoms with Crippen molar-refractivity contribution in [2.24, 2.45) is 12.2 Å². The van der Waals surface area contributed by atoms with Crippen LogP contribution in [0, 0.1) is 6.92 Å². The van der Waals surface area contributed by atoms with Crippen molar-refractivity contribution in [3.63, 3.8) is 0 Å². The molecule has 1 fully saturated rings. The zero-order valence-electron chi connectivity index (χ0n) is 25.6. The normalized spacial score (nSPS) is 17.4. The van der Waals surface area contributed by atoms with Crippen molar-refractivity contribution in [3.8, 4) is 5.75 Å². The Kier molecular flexibility index (Phi) is 9.41. The molecule has 4 aromatic heterocycles. The number of carboxylic acid groups (broad SMARTS) is 1. The van der Waals surface area contributed by atoms with Gasteiger partial charge in [0.05, 0.1) is 6.20 Å². The number of hydrogen-bond acceptors (Lipinski definition) is 18. The number of nitrogens with one attached hydrogen (secondary N) is 2. The molecule has 21 nitrogen and oxygen atoms in total. The molecule has 0 radical (unpaired) electrons. The number of fused-ring (bicyclic) bond motifs is 2. The highest BCUT2D eigenvalue weighted by molar-refractivity contribution is 8.01. The van der Waals surface area contributed by atoms with Gasteiger partial charge >= 0.3 is 11.9 Å². The van der Waals surface area contributed by atoms with Crippen LogP contribution in [-0.4, -0.2) is 107 Å². The zero-order chi connectivity index (χ0) is 35.9. The molecule has 260 valence electrons. The summed E-state index contributed by atoms with van der Waals surface area (Å²) in [6, 6.07) is 0.541. The summed E-state index contributed by atoms with van der Waals surface area (Å²) in [6.07, 6.45) is 0.950. The number of carbonyl (C=O) groups excluding carboxylic acids is 3. The summed E-state index contributed by atoms with van der Waals surface area (Å²) in [6.45, 7) is 1.33. The Labute approximate surface area is 291 Å². The van der Waals surface area contributed by atoms with Crippen LogP contribution in [0.5, 0.6) is 5.75 Å². The van der Waals surface area contributed by atoms with E-state index >= 15 is 0 Å². The SMILES string of the molecule is Cc1cc(SCC2=C(C(=O)O)N3C(=O)[C@@H](NC(=O)/C(=N\OCc4ncc(O)c(=O)n4C)c4csc(N)n4)[C@H]3SC2)n2nc(C(=O)NO)nc2n1. The van der Waals surface area contributed by atoms with Crippen molar-refractivity contribution >= 4 is 75.2 Å². The summed E-state index contributed by atoms with van der Waals surface area (Å²) in [5.41, 5.74) is 6.93. The number of anilines is 1. The third-order valence-corrected chi connectivity index (χ3v) is 10.3. The number of thioether (sulfide) groups is 2. The number of oxime groups is 1. The number of aryl methyl sites for hydroxylation is 1. The number of aromatic nitrogens is 7. The lowest BCUT2D eigenvalue weighted by Crippen LogP contribution is -2.71. The first-order valence-electron chi connectivity index (χ1n) is 14.1. The molecule has 0 saturated carbocycles. The fourth-order valence-corrected chi connectivity index (χ4v) is 7.91. The average molecular weight is 745 g/mol. The molecule has 24 heteroatoms. The van der Waals surface area contributed by atoms with Gasteiger partial charge in [0, 0.05) is 29.6 Å². The van der Waals surface area contributed by atoms with E-state index in [1.807, 2.05) is 0 Å². The Bertz CT molecular complexity index is 2200. The molecule has 0 aromatic carbocycles. The van der Waals surface area contributed by atoms with Gasteiger partial charge in [0.15, 0.2) is 29.0 Å². The molecule has 6 heterocycles. The number of aromatic hydroxyl groups is 1. The van der Waals surface area contributed by atoms with Crippen LogP contribution in [0.15, 0.2) is 43.9 Å². The molecule has 2 atom stereocenters. The van der Waals surface area contributed by atoms with Crippen LogP contribution in [0.1, 0.15) is 27.8 Å². The highest BCUT2D eigenvalue weighted by Crippen LogP contribution is 2.41. The number of aliphatic carboxylic acids is 1. The Balaban J connectivity index is 1.19. The van der Waals surface area contributed by atoms with Crippen molar-refractivity contribution in [2.45, 2.75) is 30.0 Å². The lowest BCUT2D eigenvalue weighted by molar-refractivity contribution is -0.150. The van der Waals surface area contributed by atoms with E-state index in [1.165, 1.54) is 45.9 Å². The number of β-lactam (4-membered cyclic amide) rings is 1. The number of hydroxylamine groups is 1. The van der Waals surface area contributed by atoms with Gasteiger partial charge in [-0.05, 0) is 18.6 Å². The van der Waals surface area contributed by atoms with E-state index in [2.05, 4.69) is 35.5 Å². The van der Waals surface area contributed by atoms with Gasteiger partial charge in [-0.1, -0.05) is 5.16 Å². The quantitative estimate of drug-likeness (QED) is 0.0264. The van der Waals surface area contributed by atoms with Gasteiger partial charge in [-0.25, -0.2) is 25.2 Å². The van der Waals surface area contributed by atoms with Crippen molar-refractivity contribution in [2.75, 3.05) is 17.2 Å². The van der Waals surface area contributed by atoms with Gasteiger partial charge in [-0.2, -0.15) is 9.50 Å². The van der Waals surface area contributed by atoms with Crippen LogP contribution < -0.4 is 22.1 Å². The highest BCUT2D eigenvalue weighted by atomic mass is 32.2. The molecule has 0 spiro atoms. The van der Waals surface area contributed by atoms with Crippen molar-refractivity contribution in [1.82, 2.24) is 49.8 Å². The smallest absolute Gasteiger partial charge is 0.352 e. The average Bonchev–Trinajstić information content (AvgIpc) is 3.72. The lowest BCUT2D eigenvalue weighted by Gasteiger charge is -2.49. The summed E-state index contributed by atoms with van der Waals surface area (Å²) >= 11 is 3.45. The van der Waals surface area contributed by atoms with E-state index < -0.39 is 46.4 Å². The van der Waals surface area contributed by atoms with Crippen molar-refractivity contribution < 1.29 is 39.4 Å². The predicted molar refractivity (Wildman–Crippen MR) is 174 cm³/mol. The third kappa shape index (κ3) is 6.42. The van der Waals surface area contributed by atoms with E-state index in [4.69, 9.17) is 15.8 Å². The first-order valence-corrected chi connectivity index (χ1v) is 17.0. The van der Waals surface area contributed by atoms with Crippen LogP contribution in [0.2, 0.25) is 0 Å². The van der Waals surface area contributed by atoms with E-state index in [9.17, 15) is 34.2 Å². The topological polar surface area (TPSA) is 295 Å². The second-order valence-corrected chi connectivity index (χ2v) is 13.4. The molecule has 50 heavy (non-hydrogen) atoms. The number of carbonyl (C=O) groups is 4. The number of nitrogens with two attached hydrogens (primary N) is 1. The standard InChI is InChI=1S/C26H24N12O9S3/c1-9-3-14(38-26(29-9)32-18(33-38)20(41)34-46)48-6-10-7-49-23-16(22(43)37(23)17(10)24(44)45)31-19(40)15(11-8-50-25(27)30-11)35-47-5-13-28-4-12(39)21(42)36(13)2/h3-4,8,16,23,39,46H,5-7H2,1-2H3,(H2,27,30)(H,31,40)(H,34,41)(H,44,45)/b35-15-/t16-,23-/m1/s1. The van der Waals surface area contributed by atoms with E-state index in [0.717, 1.165) is 27.0 Å². The maximum atomic E-state index is 13.5. The largest absolute Gasteiger partial charge is 0.502 e. The second-order valence-electron chi connectivity index (χ2n) is 10.4. The Hall–Kier alpha value is -5.59. The summed E-state index contributed by atoms with van der Waals surface area (Å²) in [7, 11) is 1.36. The molecular formula is C26H24N12O9S3. The number of amides is 3. The summed E-state index contributed by atoms with van der Waals surface area (Å²) in [4.78, 5) is 85.7. The van der Waals surface area contributed by atoms with E-state index in [-0.39, 0.29) is 57.8 Å². The van der Waals surface area contributed by atoms with Crippen LogP contribution in [0.4, 0.5) is 5.13 Å². The molecule has 2 aliphatic heterocycles. The summed E-state index contributed by atoms with van der Waals surface area (Å²) in [5, 5.41) is 40.5. The van der Waals surface area contributed by atoms with Gasteiger partial charge in [0.1, 0.15) is 27.8 Å². The number of thiazole rings is 1. The second kappa shape index (κ2) is 13.7. The minimum absolute atomic E-state index is 0.0415. The molecule has 0 unspecified atom stereocenters. The van der Waals surface area contributed by atoms with E-state index in [0.29, 0.717) is 16.3 Å². The fraction of sp³-hybridized carbons (Fsp3) is 0.269. The van der Waals surface area contributed by atoms with Crippen LogP contribution >= 0.6 is 34.9 Å². The van der Waals surface area contributed by atoms with Crippen molar-refractivity contribution in [1.29, 1.82) is 0 Å². The Morgan fingerprint density at radius 1 is 1.24 bits per heavy atom. The zero-order valence-corrected chi connectivity index (χ0v) is 28.1. The molecule has 7 N–H and O–H groups in total. The lowest BCUT2D eigenvalue weighted by atomic mass is 10.0. The predicted octanol–water partition coefficient (Wildman–Crippen LogP) is -1.16. The number of rotatable bonds is 11. The van der Waals surface area contributed by atoms with Crippen LogP contribution in [0.25, 0.3) is 5.78 Å². The molecule has 1 saturated heterocycles. The molecule has 4 aromatic rings. The molecule has 2 aliphatic rings. The minimum Gasteiger partial charge on any atom is -0.502 e. The van der Waals surface area contributed by atoms with Gasteiger partial charge < -0.3 is 26.1 Å². The molecule has 0 aliphatic carbocycles. The molecule has 3 amide bonds. The minimum atomic E-state index is -1.34. The highest BCUT2D eigenvalue weighted by Gasteiger charge is 2.54. The third-order valence-electron chi connectivity index (χ3n) is 7.22. The number of carboxylic acids is 1. The van der Waals surface area contributed by atoms with E-state index in [1.54, 1.807) is 13.0 Å². The Morgan fingerprint density at radius 2 is 2.02 bits per heavy atom. The number of nitrogen functional groups attached to an aromatic ring is 1. The van der Waals surface area contributed by atoms with Gasteiger partial charge in [0.25, 0.3) is 23.2 Å². The monoisotopic (exact) mass is 744 g/mol. The van der Waals surface area contributed by atoms with Gasteiger partial charge in [-0.3, -0.25) is 33.9 Å². The molecule has 6 rings (SSSR count). The summed E-state index contributed by atoms with van der Waals surface area (Å²) < 4.78 is 2.32. The summed E-state index contributed by atoms with van der Waals surface area (Å²) in [5.74, 6) is -4.21. The van der Waals surface area contributed by atoms with Crippen LogP contribution in [0.3, 0.4) is 0 Å². The fourth-order valence-electron chi connectivity index (χ4n) is 4.82. The maximum Gasteiger partial charge on any atom is 0.352 e. The van der Waals surface area contributed by atoms with Gasteiger partial charge in [-0.15, -0.1) is 40.0 Å². The first kappa shape index (κ1) is 34.3. The molecular weight excluding hydrogens is 721 g/mol. The van der Waals surface area contributed by atoms with Crippen molar-refractivity contribution in [3.05, 3.63) is 62.3 Å². The first-order chi connectivity index (χ1) is 23.9. The molecule has 0 bridgehead atoms. The van der Waals surface area contributed by atoms with Crippen LogP contribution in [-0.2, 0) is 32.9 Å². The van der Waals surface area contributed by atoms with Gasteiger partial charge in [0.2, 0.25) is 5.82 Å². The number of hydrogen-bond donors (Lipinski definition) is 6. The Morgan fingerprint density at radius 3 is 2.72 bits per heavy atom.